The second-order valence-electron chi connectivity index (χ2n) is 7.59. The van der Waals surface area contributed by atoms with E-state index in [0.717, 1.165) is 15.3 Å². The molecule has 0 atom stereocenters. The summed E-state index contributed by atoms with van der Waals surface area (Å²) in [6.07, 6.45) is -5.20. The Bertz CT molecular complexity index is 1410. The third kappa shape index (κ3) is 5.57. The van der Waals surface area contributed by atoms with Gasteiger partial charge in [-0.25, -0.2) is 23.5 Å². The quantitative estimate of drug-likeness (QED) is 0.305. The van der Waals surface area contributed by atoms with Crippen molar-refractivity contribution >= 4 is 23.2 Å². The second kappa shape index (κ2) is 9.82. The molecule has 2 heterocycles. The molecule has 0 saturated heterocycles. The summed E-state index contributed by atoms with van der Waals surface area (Å²) in [4.78, 5) is 17.4. The summed E-state index contributed by atoms with van der Waals surface area (Å²) in [5, 5.41) is 9.19. The van der Waals surface area contributed by atoms with Crippen LogP contribution in [0.4, 0.5) is 17.6 Å². The van der Waals surface area contributed by atoms with Crippen LogP contribution in [0.1, 0.15) is 25.0 Å². The van der Waals surface area contributed by atoms with Gasteiger partial charge in [-0.15, -0.1) is 10.2 Å². The van der Waals surface area contributed by atoms with Crippen LogP contribution in [0.3, 0.4) is 0 Å². The van der Waals surface area contributed by atoms with Crippen LogP contribution in [0.2, 0.25) is 10.0 Å². The number of hydrogen-bond donors (Lipinski definition) is 0. The molecule has 0 spiro atoms. The third-order valence-electron chi connectivity index (χ3n) is 5.11. The first-order chi connectivity index (χ1) is 16.6. The van der Waals surface area contributed by atoms with E-state index in [1.165, 1.54) is 16.8 Å². The first kappa shape index (κ1) is 24.9. The van der Waals surface area contributed by atoms with Gasteiger partial charge in [-0.05, 0) is 42.5 Å². The zero-order valence-electron chi connectivity index (χ0n) is 18.2. The summed E-state index contributed by atoms with van der Waals surface area (Å²) in [5.74, 6) is 0.235. The Morgan fingerprint density at radius 1 is 1.03 bits per heavy atom. The zero-order valence-corrected chi connectivity index (χ0v) is 19.7. The topological polar surface area (TPSA) is 70.5 Å². The van der Waals surface area contributed by atoms with Crippen molar-refractivity contribution in [2.75, 3.05) is 0 Å². The van der Waals surface area contributed by atoms with E-state index in [9.17, 15) is 22.4 Å². The molecule has 4 rings (SSSR count). The molecule has 2 aromatic carbocycles. The average Bonchev–Trinajstić information content (AvgIpc) is 3.33. The summed E-state index contributed by atoms with van der Waals surface area (Å²) in [6, 6.07) is 10.1. The predicted octanol–water partition coefficient (Wildman–Crippen LogP) is 5.30. The lowest BCUT2D eigenvalue weighted by molar-refractivity contribution is -0.136. The minimum Gasteiger partial charge on any atom is -0.275 e. The molecule has 0 saturated carbocycles. The Morgan fingerprint density at radius 3 is 2.37 bits per heavy atom. The van der Waals surface area contributed by atoms with Crippen LogP contribution in [-0.4, -0.2) is 35.3 Å². The maximum atomic E-state index is 13.5. The highest BCUT2D eigenvalue weighted by molar-refractivity contribution is 6.32. The number of rotatable bonds is 7. The van der Waals surface area contributed by atoms with E-state index in [2.05, 4.69) is 15.2 Å². The Morgan fingerprint density at radius 2 is 1.74 bits per heavy atom. The van der Waals surface area contributed by atoms with Crippen LogP contribution >= 0.6 is 23.2 Å². The fourth-order valence-electron chi connectivity index (χ4n) is 3.46. The van der Waals surface area contributed by atoms with E-state index in [4.69, 9.17) is 23.2 Å². The Balaban J connectivity index is 1.73. The molecule has 0 fully saturated rings. The molecule has 0 radical (unpaired) electrons. The Kier molecular flexibility index (Phi) is 7.00. The van der Waals surface area contributed by atoms with Gasteiger partial charge >= 0.3 is 11.9 Å². The molecule has 35 heavy (non-hydrogen) atoms. The number of aromatic nitrogens is 6. The lowest BCUT2D eigenvalue weighted by atomic mass is 10.2. The highest BCUT2D eigenvalue weighted by Gasteiger charge is 2.28. The SMILES string of the molecule is CCc1nc(Cn2nc(-c3ccc(Cl)cc3)n(CCC(F)(F)F)c2=O)nn1-c1ccc(F)cc1Cl. The van der Waals surface area contributed by atoms with Crippen LogP contribution in [0.5, 0.6) is 0 Å². The number of alkyl halides is 3. The minimum atomic E-state index is -4.45. The lowest BCUT2D eigenvalue weighted by Gasteiger charge is -2.08. The van der Waals surface area contributed by atoms with Crippen LogP contribution in [-0.2, 0) is 19.5 Å². The van der Waals surface area contributed by atoms with Crippen molar-refractivity contribution in [2.45, 2.75) is 39.0 Å². The number of aryl methyl sites for hydroxylation is 1. The van der Waals surface area contributed by atoms with Gasteiger partial charge in [-0.1, -0.05) is 30.1 Å². The van der Waals surface area contributed by atoms with Gasteiger partial charge in [0.25, 0.3) is 0 Å². The molecule has 0 aliphatic heterocycles. The van der Waals surface area contributed by atoms with Crippen molar-refractivity contribution in [3.63, 3.8) is 0 Å². The summed E-state index contributed by atoms with van der Waals surface area (Å²) in [7, 11) is 0. The molecule has 0 N–H and O–H groups in total. The molecule has 0 bridgehead atoms. The van der Waals surface area contributed by atoms with E-state index < -0.39 is 30.6 Å². The predicted molar refractivity (Wildman–Crippen MR) is 122 cm³/mol. The van der Waals surface area contributed by atoms with Gasteiger partial charge in [-0.3, -0.25) is 4.57 Å². The van der Waals surface area contributed by atoms with Crippen LogP contribution < -0.4 is 5.69 Å². The largest absolute Gasteiger partial charge is 0.390 e. The van der Waals surface area contributed by atoms with E-state index in [0.29, 0.717) is 28.5 Å². The fraction of sp³-hybridized carbons (Fsp3) is 0.273. The van der Waals surface area contributed by atoms with Gasteiger partial charge in [0.05, 0.1) is 17.1 Å². The van der Waals surface area contributed by atoms with Gasteiger partial charge in [0, 0.05) is 23.6 Å². The highest BCUT2D eigenvalue weighted by atomic mass is 35.5. The summed E-state index contributed by atoms with van der Waals surface area (Å²) >= 11 is 12.1. The number of halogens is 6. The zero-order chi connectivity index (χ0) is 25.3. The van der Waals surface area contributed by atoms with Crippen molar-refractivity contribution in [2.24, 2.45) is 0 Å². The van der Waals surface area contributed by atoms with Gasteiger partial charge in [-0.2, -0.15) is 13.2 Å². The fourth-order valence-corrected chi connectivity index (χ4v) is 3.84. The van der Waals surface area contributed by atoms with Crippen molar-refractivity contribution in [1.82, 2.24) is 29.1 Å². The molecule has 13 heteroatoms. The van der Waals surface area contributed by atoms with E-state index in [1.54, 1.807) is 24.3 Å². The second-order valence-corrected chi connectivity index (χ2v) is 8.44. The summed E-state index contributed by atoms with van der Waals surface area (Å²) in [5.41, 5.74) is 0.0836. The molecule has 0 aliphatic carbocycles. The minimum absolute atomic E-state index is 0.0626. The number of nitrogens with zero attached hydrogens (tertiary/aromatic N) is 6. The maximum absolute atomic E-state index is 13.5. The smallest absolute Gasteiger partial charge is 0.275 e. The molecule has 184 valence electrons. The Labute approximate surface area is 206 Å². The standard InChI is InChI=1S/C22H18Cl2F4N6O/c1-2-19-29-18(30-34(19)17-8-7-15(25)11-16(17)24)12-33-21(35)32(10-9-22(26,27)28)20(31-33)13-3-5-14(23)6-4-13/h3-8,11H,2,9-10,12H2,1H3. The van der Waals surface area contributed by atoms with E-state index in [-0.39, 0.29) is 23.2 Å². The first-order valence-corrected chi connectivity index (χ1v) is 11.2. The van der Waals surface area contributed by atoms with Gasteiger partial charge < -0.3 is 0 Å². The summed E-state index contributed by atoms with van der Waals surface area (Å²) in [6.45, 7) is 1.03. The van der Waals surface area contributed by atoms with Crippen molar-refractivity contribution in [3.05, 3.63) is 80.5 Å². The van der Waals surface area contributed by atoms with Gasteiger partial charge in [0.2, 0.25) is 0 Å². The summed E-state index contributed by atoms with van der Waals surface area (Å²) < 4.78 is 55.6. The number of benzene rings is 2. The molecule has 2 aromatic heterocycles. The van der Waals surface area contributed by atoms with Crippen molar-refractivity contribution in [3.8, 4) is 17.1 Å². The molecular formula is C22H18Cl2F4N6O. The van der Waals surface area contributed by atoms with Gasteiger partial charge in [0.1, 0.15) is 18.2 Å². The maximum Gasteiger partial charge on any atom is 0.390 e. The molecule has 0 unspecified atom stereocenters. The van der Waals surface area contributed by atoms with Gasteiger partial charge in [0.15, 0.2) is 11.6 Å². The Hall–Kier alpha value is -3.18. The first-order valence-electron chi connectivity index (χ1n) is 10.5. The normalized spacial score (nSPS) is 11.9. The molecule has 4 aromatic rings. The van der Waals surface area contributed by atoms with Crippen molar-refractivity contribution in [1.29, 1.82) is 0 Å². The van der Waals surface area contributed by atoms with Crippen LogP contribution in [0, 0.1) is 5.82 Å². The number of hydrogen-bond acceptors (Lipinski definition) is 4. The van der Waals surface area contributed by atoms with E-state index >= 15 is 0 Å². The average molecular weight is 529 g/mol. The van der Waals surface area contributed by atoms with E-state index in [1.807, 2.05) is 6.92 Å². The molecular weight excluding hydrogens is 511 g/mol. The molecule has 7 nitrogen and oxygen atoms in total. The highest BCUT2D eigenvalue weighted by Crippen LogP contribution is 2.24. The van der Waals surface area contributed by atoms with Crippen LogP contribution in [0.25, 0.3) is 17.1 Å². The van der Waals surface area contributed by atoms with Crippen molar-refractivity contribution < 1.29 is 17.6 Å². The molecule has 0 aliphatic rings. The third-order valence-corrected chi connectivity index (χ3v) is 5.66. The lowest BCUT2D eigenvalue weighted by Crippen LogP contribution is -2.27. The van der Waals surface area contributed by atoms with Crippen LogP contribution in [0.15, 0.2) is 47.3 Å². The monoisotopic (exact) mass is 528 g/mol. The molecule has 0 amide bonds.